The van der Waals surface area contributed by atoms with Gasteiger partial charge in [-0.2, -0.15) is 4.31 Å². The maximum atomic E-state index is 13.3. The average Bonchev–Trinajstić information content (AvgIpc) is 2.72. The van der Waals surface area contributed by atoms with Crippen molar-refractivity contribution in [3.8, 4) is 0 Å². The molecule has 0 unspecified atom stereocenters. The van der Waals surface area contributed by atoms with E-state index >= 15 is 0 Å². The topological polar surface area (TPSA) is 97.5 Å². The summed E-state index contributed by atoms with van der Waals surface area (Å²) in [4.78, 5) is -0.107. The second kappa shape index (κ2) is 8.87. The van der Waals surface area contributed by atoms with E-state index in [4.69, 9.17) is 5.14 Å². The lowest BCUT2D eigenvalue weighted by molar-refractivity contribution is 0.409. The highest BCUT2D eigenvalue weighted by Crippen LogP contribution is 2.21. The maximum absolute atomic E-state index is 13.3. The van der Waals surface area contributed by atoms with E-state index in [1.54, 1.807) is 0 Å². The Hall–Kier alpha value is -2.52. The Labute approximate surface area is 171 Å². The largest absolute Gasteiger partial charge is 0.243 e. The van der Waals surface area contributed by atoms with Gasteiger partial charge >= 0.3 is 0 Å². The van der Waals surface area contributed by atoms with Crippen molar-refractivity contribution in [1.82, 2.24) is 4.31 Å². The van der Waals surface area contributed by atoms with E-state index in [1.807, 2.05) is 60.7 Å². The van der Waals surface area contributed by atoms with E-state index in [9.17, 15) is 16.8 Å². The summed E-state index contributed by atoms with van der Waals surface area (Å²) in [5.74, 6) is 0. The number of nitrogens with two attached hydrogens (primary N) is 1. The van der Waals surface area contributed by atoms with E-state index in [2.05, 4.69) is 0 Å². The van der Waals surface area contributed by atoms with Crippen LogP contribution < -0.4 is 5.14 Å². The molecular weight excluding hydrogens is 408 g/mol. The van der Waals surface area contributed by atoms with Crippen LogP contribution in [0.15, 0.2) is 94.7 Å². The van der Waals surface area contributed by atoms with Crippen LogP contribution in [-0.2, 0) is 33.0 Å². The van der Waals surface area contributed by atoms with E-state index in [0.29, 0.717) is 6.42 Å². The molecule has 29 heavy (non-hydrogen) atoms. The smallest absolute Gasteiger partial charge is 0.225 e. The lowest BCUT2D eigenvalue weighted by atomic mass is 10.1. The van der Waals surface area contributed by atoms with Crippen molar-refractivity contribution in [2.24, 2.45) is 5.14 Å². The molecule has 0 heterocycles. The first-order chi connectivity index (χ1) is 13.8. The standard InChI is InChI=1S/C21H22N2O4S2/c22-28(24,25)20-11-13-21(14-12-20)29(26,27)23(17-19-9-5-2-6-10-19)16-15-18-7-3-1-4-8-18/h1-14H,15-17H2,(H2,22,24,25). The number of primary sulfonamides is 1. The predicted octanol–water partition coefficient (Wildman–Crippen LogP) is 2.77. The number of sulfonamides is 2. The van der Waals surface area contributed by atoms with Crippen molar-refractivity contribution >= 4 is 20.0 Å². The SMILES string of the molecule is NS(=O)(=O)c1ccc(S(=O)(=O)N(CCc2ccccc2)Cc2ccccc2)cc1. The first-order valence-corrected chi connectivity index (χ1v) is 12.0. The first-order valence-electron chi connectivity index (χ1n) is 8.98. The second-order valence-electron chi connectivity index (χ2n) is 6.58. The molecule has 0 aromatic heterocycles. The van der Waals surface area contributed by atoms with Crippen LogP contribution >= 0.6 is 0 Å². The molecule has 3 rings (SSSR count). The maximum Gasteiger partial charge on any atom is 0.243 e. The Morgan fingerprint density at radius 2 is 1.14 bits per heavy atom. The lowest BCUT2D eigenvalue weighted by Gasteiger charge is -2.22. The monoisotopic (exact) mass is 430 g/mol. The summed E-state index contributed by atoms with van der Waals surface area (Å²) in [7, 11) is -7.72. The molecular formula is C21H22N2O4S2. The fourth-order valence-corrected chi connectivity index (χ4v) is 4.86. The Kier molecular flexibility index (Phi) is 6.49. The number of hydrogen-bond acceptors (Lipinski definition) is 4. The number of nitrogens with zero attached hydrogens (tertiary/aromatic N) is 1. The van der Waals surface area contributed by atoms with Crippen LogP contribution in [0.5, 0.6) is 0 Å². The van der Waals surface area contributed by atoms with Gasteiger partial charge in [0.25, 0.3) is 0 Å². The van der Waals surface area contributed by atoms with Crippen molar-refractivity contribution in [1.29, 1.82) is 0 Å². The van der Waals surface area contributed by atoms with E-state index in [-0.39, 0.29) is 22.9 Å². The van der Waals surface area contributed by atoms with E-state index in [0.717, 1.165) is 11.1 Å². The number of benzene rings is 3. The van der Waals surface area contributed by atoms with Gasteiger partial charge in [-0.15, -0.1) is 0 Å². The number of hydrogen-bond donors (Lipinski definition) is 1. The molecule has 0 bridgehead atoms. The van der Waals surface area contributed by atoms with Crippen LogP contribution in [0.4, 0.5) is 0 Å². The fraction of sp³-hybridized carbons (Fsp3) is 0.143. The highest BCUT2D eigenvalue weighted by atomic mass is 32.2. The molecule has 0 amide bonds. The zero-order valence-corrected chi connectivity index (χ0v) is 17.3. The van der Waals surface area contributed by atoms with Crippen LogP contribution in [0.2, 0.25) is 0 Å². The Balaban J connectivity index is 1.90. The molecule has 6 nitrogen and oxygen atoms in total. The fourth-order valence-electron chi connectivity index (χ4n) is 2.92. The summed E-state index contributed by atoms with van der Waals surface area (Å²) in [6.45, 7) is 0.505. The molecule has 0 fully saturated rings. The molecule has 3 aromatic rings. The van der Waals surface area contributed by atoms with E-state index < -0.39 is 20.0 Å². The van der Waals surface area contributed by atoms with Gasteiger partial charge in [0.05, 0.1) is 9.79 Å². The summed E-state index contributed by atoms with van der Waals surface area (Å²) >= 11 is 0. The second-order valence-corrected chi connectivity index (χ2v) is 10.1. The third-order valence-corrected chi connectivity index (χ3v) is 7.27. The minimum Gasteiger partial charge on any atom is -0.225 e. The van der Waals surface area contributed by atoms with Crippen LogP contribution in [0, 0.1) is 0 Å². The molecule has 0 saturated heterocycles. The zero-order chi connectivity index (χ0) is 20.9. The minimum atomic E-state index is -3.89. The molecule has 8 heteroatoms. The van der Waals surface area contributed by atoms with E-state index in [1.165, 1.54) is 28.6 Å². The lowest BCUT2D eigenvalue weighted by Crippen LogP contribution is -2.32. The van der Waals surface area contributed by atoms with Gasteiger partial charge in [-0.25, -0.2) is 22.0 Å². The van der Waals surface area contributed by atoms with Gasteiger partial charge in [0, 0.05) is 13.1 Å². The molecule has 3 aromatic carbocycles. The highest BCUT2D eigenvalue weighted by Gasteiger charge is 2.25. The van der Waals surface area contributed by atoms with Gasteiger partial charge in [0.2, 0.25) is 20.0 Å². The van der Waals surface area contributed by atoms with Gasteiger partial charge in [-0.05, 0) is 41.8 Å². The highest BCUT2D eigenvalue weighted by molar-refractivity contribution is 7.89. The Bertz CT molecular complexity index is 1150. The third kappa shape index (κ3) is 5.51. The zero-order valence-electron chi connectivity index (χ0n) is 15.7. The van der Waals surface area contributed by atoms with Crippen molar-refractivity contribution in [2.45, 2.75) is 22.8 Å². The quantitative estimate of drug-likeness (QED) is 0.594. The normalized spacial score (nSPS) is 12.2. The van der Waals surface area contributed by atoms with Crippen LogP contribution in [0.3, 0.4) is 0 Å². The summed E-state index contributed by atoms with van der Waals surface area (Å²) in [6, 6.07) is 23.9. The Morgan fingerprint density at radius 1 is 0.655 bits per heavy atom. The first kappa shape index (κ1) is 21.2. The summed E-state index contributed by atoms with van der Waals surface area (Å²) in [6.07, 6.45) is 0.558. The number of rotatable bonds is 8. The molecule has 2 N–H and O–H groups in total. The summed E-state index contributed by atoms with van der Waals surface area (Å²) in [5, 5.41) is 5.10. The predicted molar refractivity (Wildman–Crippen MR) is 112 cm³/mol. The summed E-state index contributed by atoms with van der Waals surface area (Å²) in [5.41, 5.74) is 1.90. The van der Waals surface area contributed by atoms with Gasteiger partial charge in [-0.3, -0.25) is 0 Å². The van der Waals surface area contributed by atoms with Crippen molar-refractivity contribution in [3.05, 3.63) is 96.1 Å². The van der Waals surface area contributed by atoms with Crippen molar-refractivity contribution < 1.29 is 16.8 Å². The average molecular weight is 431 g/mol. The molecule has 0 atom stereocenters. The molecule has 0 radical (unpaired) electrons. The van der Waals surface area contributed by atoms with Crippen molar-refractivity contribution in [2.75, 3.05) is 6.54 Å². The molecule has 0 aliphatic carbocycles. The van der Waals surface area contributed by atoms with Gasteiger partial charge < -0.3 is 0 Å². The molecule has 0 saturated carbocycles. The molecule has 0 spiro atoms. The molecule has 0 aliphatic rings. The molecule has 152 valence electrons. The summed E-state index contributed by atoms with van der Waals surface area (Å²) < 4.78 is 50.8. The third-order valence-electron chi connectivity index (χ3n) is 4.48. The minimum absolute atomic E-state index is 0.0221. The Morgan fingerprint density at radius 3 is 1.66 bits per heavy atom. The van der Waals surface area contributed by atoms with Crippen molar-refractivity contribution in [3.63, 3.8) is 0 Å². The van der Waals surface area contributed by atoms with Crippen LogP contribution in [0.25, 0.3) is 0 Å². The van der Waals surface area contributed by atoms with Gasteiger partial charge in [0.1, 0.15) is 0 Å². The van der Waals surface area contributed by atoms with Crippen LogP contribution in [0.1, 0.15) is 11.1 Å². The van der Waals surface area contributed by atoms with Gasteiger partial charge in [0.15, 0.2) is 0 Å². The van der Waals surface area contributed by atoms with Crippen LogP contribution in [-0.4, -0.2) is 27.7 Å². The van der Waals surface area contributed by atoms with Gasteiger partial charge in [-0.1, -0.05) is 60.7 Å². The molecule has 0 aliphatic heterocycles.